The highest BCUT2D eigenvalue weighted by Crippen LogP contribution is 2.27. The smallest absolute Gasteiger partial charge is 0.203 e. The first-order chi connectivity index (χ1) is 15.1. The molecular weight excluding hydrogens is 426 g/mol. The van der Waals surface area contributed by atoms with Crippen LogP contribution in [-0.2, 0) is 6.61 Å². The number of aryl methyl sites for hydroxylation is 2. The van der Waals surface area contributed by atoms with Crippen LogP contribution >= 0.6 is 22.9 Å². The molecule has 0 aliphatic heterocycles. The summed E-state index contributed by atoms with van der Waals surface area (Å²) in [5.74, 6) is 0.647. The second-order valence-corrected chi connectivity index (χ2v) is 8.44. The van der Waals surface area contributed by atoms with Crippen LogP contribution in [0.5, 0.6) is 5.75 Å². The van der Waals surface area contributed by atoms with Crippen LogP contribution in [0, 0.1) is 13.8 Å². The van der Waals surface area contributed by atoms with Gasteiger partial charge in [-0.3, -0.25) is 5.43 Å². The summed E-state index contributed by atoms with van der Waals surface area (Å²) in [4.78, 5) is 4.61. The first-order valence-electron chi connectivity index (χ1n) is 9.87. The molecule has 4 rings (SSSR count). The highest BCUT2D eigenvalue weighted by atomic mass is 35.5. The van der Waals surface area contributed by atoms with Crippen molar-refractivity contribution in [3.63, 3.8) is 0 Å². The van der Waals surface area contributed by atoms with Crippen molar-refractivity contribution < 1.29 is 4.74 Å². The molecule has 0 fully saturated rings. The molecule has 4 aromatic rings. The quantitative estimate of drug-likeness (QED) is 0.242. The van der Waals surface area contributed by atoms with Gasteiger partial charge in [-0.25, -0.2) is 4.98 Å². The van der Waals surface area contributed by atoms with Crippen LogP contribution in [0.3, 0.4) is 0 Å². The minimum absolute atomic E-state index is 0.475. The molecular formula is C25H22ClN3OS. The zero-order chi connectivity index (χ0) is 21.6. The van der Waals surface area contributed by atoms with Crippen LogP contribution in [0.15, 0.2) is 77.2 Å². The van der Waals surface area contributed by atoms with Gasteiger partial charge < -0.3 is 4.74 Å². The van der Waals surface area contributed by atoms with Crippen molar-refractivity contribution in [3.8, 4) is 17.0 Å². The molecule has 0 saturated carbocycles. The van der Waals surface area contributed by atoms with E-state index >= 15 is 0 Å². The summed E-state index contributed by atoms with van der Waals surface area (Å²) in [7, 11) is 0. The molecule has 0 unspecified atom stereocenters. The molecule has 4 nitrogen and oxygen atoms in total. The fraction of sp³-hybridized carbons (Fsp3) is 0.120. The summed E-state index contributed by atoms with van der Waals surface area (Å²) < 4.78 is 5.81. The molecule has 0 bridgehead atoms. The van der Waals surface area contributed by atoms with Gasteiger partial charge in [0.1, 0.15) is 12.4 Å². The zero-order valence-corrected chi connectivity index (χ0v) is 18.9. The van der Waals surface area contributed by atoms with Gasteiger partial charge in [-0.1, -0.05) is 54.1 Å². The molecule has 0 aliphatic rings. The fourth-order valence-electron chi connectivity index (χ4n) is 2.97. The molecule has 1 N–H and O–H groups in total. The molecule has 1 aromatic heterocycles. The maximum absolute atomic E-state index is 6.37. The Morgan fingerprint density at radius 2 is 1.87 bits per heavy atom. The minimum atomic E-state index is 0.475. The molecule has 0 radical (unpaired) electrons. The van der Waals surface area contributed by atoms with Crippen LogP contribution < -0.4 is 10.2 Å². The number of benzene rings is 3. The van der Waals surface area contributed by atoms with Gasteiger partial charge in [0.2, 0.25) is 5.13 Å². The van der Waals surface area contributed by atoms with E-state index in [-0.39, 0.29) is 0 Å². The lowest BCUT2D eigenvalue weighted by atomic mass is 10.1. The van der Waals surface area contributed by atoms with E-state index in [0.717, 1.165) is 27.5 Å². The molecule has 1 heterocycles. The third-order valence-corrected chi connectivity index (χ3v) is 5.92. The number of ether oxygens (including phenoxy) is 1. The highest BCUT2D eigenvalue weighted by molar-refractivity contribution is 7.14. The lowest BCUT2D eigenvalue weighted by Gasteiger charge is -2.08. The number of nitrogens with one attached hydrogen (secondary N) is 1. The van der Waals surface area contributed by atoms with Crippen molar-refractivity contribution in [2.75, 3.05) is 5.43 Å². The van der Waals surface area contributed by atoms with Crippen LogP contribution in [0.2, 0.25) is 5.02 Å². The Morgan fingerprint density at radius 3 is 2.65 bits per heavy atom. The molecule has 0 spiro atoms. The molecule has 3 aromatic carbocycles. The zero-order valence-electron chi connectivity index (χ0n) is 17.3. The lowest BCUT2D eigenvalue weighted by molar-refractivity contribution is 0.306. The summed E-state index contributed by atoms with van der Waals surface area (Å²) in [6.07, 6.45) is 1.71. The lowest BCUT2D eigenvalue weighted by Crippen LogP contribution is -1.96. The minimum Gasteiger partial charge on any atom is -0.487 e. The van der Waals surface area contributed by atoms with Gasteiger partial charge in [-0.15, -0.1) is 11.3 Å². The Hall–Kier alpha value is -3.15. The summed E-state index contributed by atoms with van der Waals surface area (Å²) in [6.45, 7) is 4.69. The summed E-state index contributed by atoms with van der Waals surface area (Å²) >= 11 is 7.89. The van der Waals surface area contributed by atoms with E-state index in [1.54, 1.807) is 6.21 Å². The van der Waals surface area contributed by atoms with Crippen molar-refractivity contribution in [2.45, 2.75) is 20.5 Å². The second kappa shape index (κ2) is 9.77. The van der Waals surface area contributed by atoms with Crippen molar-refractivity contribution >= 4 is 34.3 Å². The summed E-state index contributed by atoms with van der Waals surface area (Å²) in [5.41, 5.74) is 9.53. The third kappa shape index (κ3) is 5.51. The van der Waals surface area contributed by atoms with Crippen LogP contribution in [-0.4, -0.2) is 11.2 Å². The molecule has 6 heteroatoms. The van der Waals surface area contributed by atoms with Crippen LogP contribution in [0.1, 0.15) is 22.3 Å². The Morgan fingerprint density at radius 1 is 1.03 bits per heavy atom. The van der Waals surface area contributed by atoms with E-state index in [1.807, 2.05) is 53.9 Å². The van der Waals surface area contributed by atoms with Crippen molar-refractivity contribution in [1.82, 2.24) is 4.98 Å². The SMILES string of the molecule is Cc1ccc(-c2csc(N/N=C\c3ccc(OCc4ccccc4)c(Cl)c3)n2)cc1C. The second-order valence-electron chi connectivity index (χ2n) is 7.17. The molecule has 156 valence electrons. The molecule has 0 amide bonds. The van der Waals surface area contributed by atoms with Gasteiger partial charge in [0.25, 0.3) is 0 Å². The Labute approximate surface area is 191 Å². The van der Waals surface area contributed by atoms with E-state index in [9.17, 15) is 0 Å². The number of thiazole rings is 1. The topological polar surface area (TPSA) is 46.5 Å². The normalized spacial score (nSPS) is 11.1. The Balaban J connectivity index is 1.36. The predicted molar refractivity (Wildman–Crippen MR) is 130 cm³/mol. The van der Waals surface area contributed by atoms with Crippen molar-refractivity contribution in [2.24, 2.45) is 5.10 Å². The third-order valence-electron chi connectivity index (χ3n) is 4.87. The molecule has 0 aliphatic carbocycles. The van der Waals surface area contributed by atoms with Gasteiger partial charge in [0.15, 0.2) is 0 Å². The van der Waals surface area contributed by atoms with Gasteiger partial charge in [0.05, 0.1) is 16.9 Å². The Kier molecular flexibility index (Phi) is 6.65. The standard InChI is InChI=1S/C25H22ClN3OS/c1-17-8-10-21(12-18(17)2)23-16-31-25(28-23)29-27-14-20-9-11-24(22(26)13-20)30-15-19-6-4-3-5-7-19/h3-14,16H,15H2,1-2H3,(H,28,29)/b27-14-. The van der Waals surface area contributed by atoms with E-state index in [4.69, 9.17) is 16.3 Å². The molecule has 0 atom stereocenters. The molecule has 31 heavy (non-hydrogen) atoms. The van der Waals surface area contributed by atoms with E-state index in [0.29, 0.717) is 17.4 Å². The largest absolute Gasteiger partial charge is 0.487 e. The summed E-state index contributed by atoms with van der Waals surface area (Å²) in [5, 5.41) is 7.60. The fourth-order valence-corrected chi connectivity index (χ4v) is 3.88. The van der Waals surface area contributed by atoms with Crippen LogP contribution in [0.25, 0.3) is 11.3 Å². The number of anilines is 1. The number of aromatic nitrogens is 1. The average Bonchev–Trinajstić information content (AvgIpc) is 3.25. The van der Waals surface area contributed by atoms with Gasteiger partial charge >= 0.3 is 0 Å². The predicted octanol–water partition coefficient (Wildman–Crippen LogP) is 7.11. The highest BCUT2D eigenvalue weighted by Gasteiger charge is 2.06. The first kappa shape index (κ1) is 21.1. The van der Waals surface area contributed by atoms with Gasteiger partial charge in [0, 0.05) is 10.9 Å². The number of hydrogen-bond donors (Lipinski definition) is 1. The number of nitrogens with zero attached hydrogens (tertiary/aromatic N) is 2. The van der Waals surface area contributed by atoms with Gasteiger partial charge in [-0.05, 0) is 60.4 Å². The number of halogens is 1. The monoisotopic (exact) mass is 447 g/mol. The van der Waals surface area contributed by atoms with Gasteiger partial charge in [-0.2, -0.15) is 5.10 Å². The summed E-state index contributed by atoms with van der Waals surface area (Å²) in [6, 6.07) is 22.0. The van der Waals surface area contributed by atoms with E-state index in [1.165, 1.54) is 22.5 Å². The van der Waals surface area contributed by atoms with E-state index in [2.05, 4.69) is 47.6 Å². The van der Waals surface area contributed by atoms with Crippen molar-refractivity contribution in [3.05, 3.63) is 99.4 Å². The molecule has 0 saturated heterocycles. The van der Waals surface area contributed by atoms with Crippen molar-refractivity contribution in [1.29, 1.82) is 0 Å². The maximum atomic E-state index is 6.37. The Bertz CT molecular complexity index is 1200. The van der Waals surface area contributed by atoms with Crippen LogP contribution in [0.4, 0.5) is 5.13 Å². The average molecular weight is 448 g/mol. The number of rotatable bonds is 7. The number of hydrazone groups is 1. The van der Waals surface area contributed by atoms with E-state index < -0.39 is 0 Å². The maximum Gasteiger partial charge on any atom is 0.203 e. The first-order valence-corrected chi connectivity index (χ1v) is 11.1. The number of hydrogen-bond acceptors (Lipinski definition) is 5.